The second-order valence-corrected chi connectivity index (χ2v) is 4.86. The number of benzene rings is 1. The van der Waals surface area contributed by atoms with Crippen LogP contribution in [0, 0.1) is 11.8 Å². The summed E-state index contributed by atoms with van der Waals surface area (Å²) in [6, 6.07) is 11.1. The fraction of sp³-hybridized carbons (Fsp3) is 0.263. The molecule has 1 aromatic carbocycles. The van der Waals surface area contributed by atoms with Gasteiger partial charge in [-0.15, -0.1) is 0 Å². The Morgan fingerprint density at radius 3 is 2.67 bits per heavy atom. The molecule has 0 unspecified atom stereocenters. The summed E-state index contributed by atoms with van der Waals surface area (Å²) in [7, 11) is 0. The minimum Gasteiger partial charge on any atom is -0.494 e. The molecule has 0 spiro atoms. The molecule has 1 amide bonds. The van der Waals surface area contributed by atoms with Crippen LogP contribution in [0.3, 0.4) is 0 Å². The molecule has 0 bridgehead atoms. The zero-order valence-electron chi connectivity index (χ0n) is 13.6. The standard InChI is InChI=1S/C19H20N2O3/c1-2-23-17-9-7-16(8-10-17)14-19(22)21-12-3-4-13-24-18-6-5-11-20-15-18/h5-11,15H,2,12-14H2,1H3,(H,21,22). The van der Waals surface area contributed by atoms with Crippen LogP contribution >= 0.6 is 0 Å². The van der Waals surface area contributed by atoms with E-state index in [0.717, 1.165) is 11.3 Å². The molecule has 5 heteroatoms. The predicted octanol–water partition coefficient (Wildman–Crippen LogP) is 2.22. The Bertz CT molecular complexity index is 688. The van der Waals surface area contributed by atoms with E-state index in [1.165, 1.54) is 0 Å². The number of rotatable bonds is 7. The third kappa shape index (κ3) is 6.41. The summed E-state index contributed by atoms with van der Waals surface area (Å²) in [5, 5.41) is 2.76. The molecule has 0 aliphatic heterocycles. The minimum atomic E-state index is -0.0679. The summed E-state index contributed by atoms with van der Waals surface area (Å²) in [4.78, 5) is 15.8. The second-order valence-electron chi connectivity index (χ2n) is 4.86. The van der Waals surface area contributed by atoms with Crippen LogP contribution in [0.2, 0.25) is 0 Å². The smallest absolute Gasteiger partial charge is 0.225 e. The number of hydrogen-bond acceptors (Lipinski definition) is 4. The van der Waals surface area contributed by atoms with E-state index in [2.05, 4.69) is 22.1 Å². The van der Waals surface area contributed by atoms with Crippen LogP contribution in [0.4, 0.5) is 0 Å². The first-order valence-electron chi connectivity index (χ1n) is 7.75. The van der Waals surface area contributed by atoms with E-state index in [1.54, 1.807) is 18.5 Å². The van der Waals surface area contributed by atoms with Crippen LogP contribution in [0.15, 0.2) is 48.8 Å². The Balaban J connectivity index is 1.65. The van der Waals surface area contributed by atoms with Gasteiger partial charge in [0, 0.05) is 6.20 Å². The highest BCUT2D eigenvalue weighted by atomic mass is 16.5. The Labute approximate surface area is 142 Å². The minimum absolute atomic E-state index is 0.0679. The van der Waals surface area contributed by atoms with E-state index in [0.29, 0.717) is 25.3 Å². The van der Waals surface area contributed by atoms with Crippen molar-refractivity contribution in [2.45, 2.75) is 13.3 Å². The molecule has 0 aliphatic carbocycles. The molecule has 0 saturated carbocycles. The lowest BCUT2D eigenvalue weighted by atomic mass is 10.1. The Kier molecular flexibility index (Phi) is 7.16. The highest BCUT2D eigenvalue weighted by Gasteiger charge is 2.02. The molecular weight excluding hydrogens is 304 g/mol. The normalized spacial score (nSPS) is 9.54. The Hall–Kier alpha value is -3.00. The van der Waals surface area contributed by atoms with Gasteiger partial charge >= 0.3 is 0 Å². The number of carbonyl (C=O) groups is 1. The van der Waals surface area contributed by atoms with E-state index >= 15 is 0 Å². The van der Waals surface area contributed by atoms with Crippen molar-refractivity contribution < 1.29 is 14.3 Å². The number of aromatic nitrogens is 1. The largest absolute Gasteiger partial charge is 0.494 e. The molecule has 24 heavy (non-hydrogen) atoms. The van der Waals surface area contributed by atoms with E-state index in [-0.39, 0.29) is 12.5 Å². The van der Waals surface area contributed by atoms with Crippen molar-refractivity contribution in [3.05, 3.63) is 54.4 Å². The van der Waals surface area contributed by atoms with Crippen LogP contribution in [0.5, 0.6) is 11.5 Å². The molecule has 2 rings (SSSR count). The predicted molar refractivity (Wildman–Crippen MR) is 91.8 cm³/mol. The SMILES string of the molecule is CCOc1ccc(CC(=O)NCC#CCOc2cccnc2)cc1. The summed E-state index contributed by atoms with van der Waals surface area (Å²) in [6.45, 7) is 3.12. The van der Waals surface area contributed by atoms with Crippen LogP contribution in [-0.2, 0) is 11.2 Å². The fourth-order valence-corrected chi connectivity index (χ4v) is 1.93. The zero-order valence-corrected chi connectivity index (χ0v) is 13.6. The van der Waals surface area contributed by atoms with Crippen LogP contribution in [-0.4, -0.2) is 30.6 Å². The van der Waals surface area contributed by atoms with Crippen molar-refractivity contribution in [2.24, 2.45) is 0 Å². The summed E-state index contributed by atoms with van der Waals surface area (Å²) in [6.07, 6.45) is 3.62. The van der Waals surface area contributed by atoms with Gasteiger partial charge in [-0.05, 0) is 36.8 Å². The fourth-order valence-electron chi connectivity index (χ4n) is 1.93. The van der Waals surface area contributed by atoms with Crippen LogP contribution in [0.25, 0.3) is 0 Å². The first-order valence-corrected chi connectivity index (χ1v) is 7.75. The lowest BCUT2D eigenvalue weighted by molar-refractivity contribution is -0.120. The molecule has 5 nitrogen and oxygen atoms in total. The van der Waals surface area contributed by atoms with Gasteiger partial charge in [0.05, 0.1) is 25.8 Å². The average Bonchev–Trinajstić information content (AvgIpc) is 2.61. The van der Waals surface area contributed by atoms with Gasteiger partial charge in [-0.25, -0.2) is 0 Å². The van der Waals surface area contributed by atoms with Gasteiger partial charge in [-0.2, -0.15) is 0 Å². The maximum atomic E-state index is 11.8. The van der Waals surface area contributed by atoms with Crippen molar-refractivity contribution >= 4 is 5.91 Å². The van der Waals surface area contributed by atoms with Gasteiger partial charge in [0.1, 0.15) is 18.1 Å². The molecule has 0 atom stereocenters. The van der Waals surface area contributed by atoms with Crippen molar-refractivity contribution in [2.75, 3.05) is 19.8 Å². The number of pyridine rings is 1. The lowest BCUT2D eigenvalue weighted by Gasteiger charge is -2.05. The maximum absolute atomic E-state index is 11.8. The molecule has 1 heterocycles. The Morgan fingerprint density at radius 2 is 1.96 bits per heavy atom. The second kappa shape index (κ2) is 9.90. The van der Waals surface area contributed by atoms with Crippen molar-refractivity contribution in [1.82, 2.24) is 10.3 Å². The van der Waals surface area contributed by atoms with Gasteiger partial charge in [0.15, 0.2) is 0 Å². The van der Waals surface area contributed by atoms with Gasteiger partial charge in [0.2, 0.25) is 5.91 Å². The molecule has 0 aliphatic rings. The maximum Gasteiger partial charge on any atom is 0.225 e. The quantitative estimate of drug-likeness (QED) is 0.794. The van der Waals surface area contributed by atoms with E-state index in [4.69, 9.17) is 9.47 Å². The number of amides is 1. The van der Waals surface area contributed by atoms with Crippen molar-refractivity contribution in [1.29, 1.82) is 0 Å². The molecule has 1 N–H and O–H groups in total. The van der Waals surface area contributed by atoms with Crippen molar-refractivity contribution in [3.63, 3.8) is 0 Å². The Morgan fingerprint density at radius 1 is 1.12 bits per heavy atom. The number of nitrogens with one attached hydrogen (secondary N) is 1. The first-order chi connectivity index (χ1) is 11.8. The monoisotopic (exact) mass is 324 g/mol. The molecule has 0 fully saturated rings. The summed E-state index contributed by atoms with van der Waals surface area (Å²) in [5.74, 6) is 7.11. The topological polar surface area (TPSA) is 60.5 Å². The van der Waals surface area contributed by atoms with E-state index in [1.807, 2.05) is 37.3 Å². The number of hydrogen-bond donors (Lipinski definition) is 1. The first kappa shape index (κ1) is 17.4. The highest BCUT2D eigenvalue weighted by Crippen LogP contribution is 2.12. The average molecular weight is 324 g/mol. The highest BCUT2D eigenvalue weighted by molar-refractivity contribution is 5.78. The summed E-state index contributed by atoms with van der Waals surface area (Å²) < 4.78 is 10.7. The third-order valence-electron chi connectivity index (χ3n) is 3.04. The van der Waals surface area contributed by atoms with E-state index in [9.17, 15) is 4.79 Å². The van der Waals surface area contributed by atoms with Gasteiger partial charge in [-0.3, -0.25) is 9.78 Å². The number of ether oxygens (including phenoxy) is 2. The lowest BCUT2D eigenvalue weighted by Crippen LogP contribution is -2.25. The van der Waals surface area contributed by atoms with Crippen LogP contribution in [0.1, 0.15) is 12.5 Å². The molecule has 2 aromatic rings. The zero-order chi connectivity index (χ0) is 17.0. The molecule has 0 saturated heterocycles. The molecule has 0 radical (unpaired) electrons. The van der Waals surface area contributed by atoms with Gasteiger partial charge in [0.25, 0.3) is 0 Å². The van der Waals surface area contributed by atoms with Gasteiger partial charge < -0.3 is 14.8 Å². The van der Waals surface area contributed by atoms with E-state index < -0.39 is 0 Å². The van der Waals surface area contributed by atoms with Gasteiger partial charge in [-0.1, -0.05) is 24.0 Å². The number of carbonyl (C=O) groups excluding carboxylic acids is 1. The molecule has 124 valence electrons. The summed E-state index contributed by atoms with van der Waals surface area (Å²) in [5.41, 5.74) is 0.934. The third-order valence-corrected chi connectivity index (χ3v) is 3.04. The number of nitrogens with zero attached hydrogens (tertiary/aromatic N) is 1. The summed E-state index contributed by atoms with van der Waals surface area (Å²) >= 11 is 0. The molecular formula is C19H20N2O3. The van der Waals surface area contributed by atoms with Crippen molar-refractivity contribution in [3.8, 4) is 23.3 Å². The molecule has 1 aromatic heterocycles. The van der Waals surface area contributed by atoms with Crippen LogP contribution < -0.4 is 14.8 Å².